The largest absolute Gasteiger partial charge is 0.339 e. The molecule has 0 saturated heterocycles. The van der Waals surface area contributed by atoms with E-state index in [-0.39, 0.29) is 0 Å². The van der Waals surface area contributed by atoms with Crippen molar-refractivity contribution in [3.05, 3.63) is 69.6 Å². The van der Waals surface area contributed by atoms with Crippen LogP contribution in [0.1, 0.15) is 35.5 Å². The Morgan fingerprint density at radius 1 is 1.04 bits per heavy atom. The van der Waals surface area contributed by atoms with E-state index in [1.54, 1.807) is 11.3 Å². The molecule has 1 atom stereocenters. The van der Waals surface area contributed by atoms with Crippen molar-refractivity contribution in [1.82, 2.24) is 0 Å². The molecule has 0 aliphatic rings. The summed E-state index contributed by atoms with van der Waals surface area (Å²) in [6.07, 6.45) is 0.505. The number of hydrogen-bond acceptors (Lipinski definition) is 4. The van der Waals surface area contributed by atoms with Gasteiger partial charge in [-0.15, -0.1) is 11.3 Å². The second-order valence-corrected chi connectivity index (χ2v) is 9.98. The molecule has 144 valence electrons. The van der Waals surface area contributed by atoms with Gasteiger partial charge in [0.05, 0.1) is 18.9 Å². The first-order valence-corrected chi connectivity index (χ1v) is 11.9. The highest BCUT2D eigenvalue weighted by Gasteiger charge is 2.39. The molecular weight excluding hydrogens is 399 g/mol. The predicted octanol–water partition coefficient (Wildman–Crippen LogP) is 7.41. The van der Waals surface area contributed by atoms with Crippen LogP contribution in [-0.2, 0) is 20.0 Å². The molecule has 0 N–H and O–H groups in total. The van der Waals surface area contributed by atoms with Gasteiger partial charge in [0.2, 0.25) is 0 Å². The standard InChI is InChI=1S/C21H24ClO3PS/c1-4-24-26(23,25-5-2)19(14-16-10-6-8-12-18(16)22)21-15(3)17-11-7-9-13-20(17)27-21/h6-13,19H,4-5,14H2,1-3H3. The first-order chi connectivity index (χ1) is 13.0. The molecule has 0 bridgehead atoms. The molecule has 6 heteroatoms. The summed E-state index contributed by atoms with van der Waals surface area (Å²) in [6.45, 7) is 6.43. The number of halogens is 1. The van der Waals surface area contributed by atoms with E-state index >= 15 is 0 Å². The Hall–Kier alpha value is -1.16. The molecule has 27 heavy (non-hydrogen) atoms. The predicted molar refractivity (Wildman–Crippen MR) is 115 cm³/mol. The maximum absolute atomic E-state index is 13.8. The van der Waals surface area contributed by atoms with Gasteiger partial charge in [0.1, 0.15) is 0 Å². The van der Waals surface area contributed by atoms with Gasteiger partial charge in [-0.1, -0.05) is 48.0 Å². The summed E-state index contributed by atoms with van der Waals surface area (Å²) in [5.74, 6) is 0. The Labute approximate surface area is 169 Å². The molecule has 1 heterocycles. The molecule has 0 aliphatic heterocycles. The summed E-state index contributed by atoms with van der Waals surface area (Å²) in [5, 5.41) is 1.85. The van der Waals surface area contributed by atoms with Crippen molar-refractivity contribution in [2.45, 2.75) is 32.9 Å². The summed E-state index contributed by atoms with van der Waals surface area (Å²) in [5.41, 5.74) is 1.68. The Morgan fingerprint density at radius 2 is 1.67 bits per heavy atom. The van der Waals surface area contributed by atoms with E-state index in [4.69, 9.17) is 20.6 Å². The van der Waals surface area contributed by atoms with Crippen LogP contribution < -0.4 is 0 Å². The lowest BCUT2D eigenvalue weighted by Gasteiger charge is -2.26. The van der Waals surface area contributed by atoms with E-state index < -0.39 is 13.3 Å². The summed E-state index contributed by atoms with van der Waals surface area (Å²) in [6, 6.07) is 15.9. The lowest BCUT2D eigenvalue weighted by atomic mass is 10.1. The molecule has 0 spiro atoms. The molecule has 1 aromatic heterocycles. The molecule has 0 amide bonds. The zero-order chi connectivity index (χ0) is 19.4. The van der Waals surface area contributed by atoms with Crippen LogP contribution in [0, 0.1) is 6.92 Å². The van der Waals surface area contributed by atoms with Gasteiger partial charge in [0.25, 0.3) is 0 Å². The maximum Gasteiger partial charge on any atom is 0.339 e. The van der Waals surface area contributed by atoms with Crippen LogP contribution in [0.2, 0.25) is 5.02 Å². The lowest BCUT2D eigenvalue weighted by molar-refractivity contribution is 0.212. The number of aryl methyl sites for hydroxylation is 1. The van der Waals surface area contributed by atoms with Crippen LogP contribution in [0.4, 0.5) is 0 Å². The van der Waals surface area contributed by atoms with E-state index in [1.807, 2.05) is 50.2 Å². The van der Waals surface area contributed by atoms with E-state index in [0.717, 1.165) is 16.0 Å². The van der Waals surface area contributed by atoms with Crippen molar-refractivity contribution >= 4 is 40.6 Å². The summed E-state index contributed by atoms with van der Waals surface area (Å²) >= 11 is 8.07. The minimum Gasteiger partial charge on any atom is -0.308 e. The van der Waals surface area contributed by atoms with Gasteiger partial charge in [-0.25, -0.2) is 0 Å². The highest BCUT2D eigenvalue weighted by molar-refractivity contribution is 7.54. The second-order valence-electron chi connectivity index (χ2n) is 6.27. The molecule has 2 aromatic carbocycles. The summed E-state index contributed by atoms with van der Waals surface area (Å²) in [7, 11) is -3.37. The fourth-order valence-corrected chi connectivity index (χ4v) is 7.32. The normalized spacial score (nSPS) is 13.2. The van der Waals surface area contributed by atoms with E-state index in [2.05, 4.69) is 19.1 Å². The third-order valence-corrected chi connectivity index (χ3v) is 8.92. The average Bonchev–Trinajstić information content (AvgIpc) is 2.98. The third kappa shape index (κ3) is 4.31. The number of fused-ring (bicyclic) bond motifs is 1. The van der Waals surface area contributed by atoms with Crippen LogP contribution in [0.3, 0.4) is 0 Å². The summed E-state index contributed by atoms with van der Waals surface area (Å²) < 4.78 is 26.4. The molecule has 1 unspecified atom stereocenters. The number of thiophene rings is 1. The molecule has 3 rings (SSSR count). The van der Waals surface area contributed by atoms with Crippen LogP contribution in [-0.4, -0.2) is 13.2 Å². The van der Waals surface area contributed by atoms with Crippen LogP contribution in [0.15, 0.2) is 48.5 Å². The van der Waals surface area contributed by atoms with E-state index in [0.29, 0.717) is 24.7 Å². The minimum atomic E-state index is -3.37. The van der Waals surface area contributed by atoms with E-state index in [9.17, 15) is 4.57 Å². The van der Waals surface area contributed by atoms with Crippen molar-refractivity contribution in [1.29, 1.82) is 0 Å². The van der Waals surface area contributed by atoms with Gasteiger partial charge in [-0.3, -0.25) is 4.57 Å². The van der Waals surface area contributed by atoms with Crippen molar-refractivity contribution in [2.75, 3.05) is 13.2 Å². The zero-order valence-electron chi connectivity index (χ0n) is 15.8. The van der Waals surface area contributed by atoms with Gasteiger partial charge >= 0.3 is 7.60 Å². The smallest absolute Gasteiger partial charge is 0.308 e. The topological polar surface area (TPSA) is 35.5 Å². The van der Waals surface area contributed by atoms with Gasteiger partial charge in [0, 0.05) is 14.6 Å². The fourth-order valence-electron chi connectivity index (χ4n) is 3.31. The Morgan fingerprint density at radius 3 is 2.30 bits per heavy atom. The van der Waals surface area contributed by atoms with Gasteiger partial charge < -0.3 is 9.05 Å². The SMILES string of the molecule is CCOP(=O)(OCC)C(Cc1ccccc1Cl)c1sc2ccccc2c1C. The first kappa shape index (κ1) is 20.6. The van der Waals surface area contributed by atoms with Crippen LogP contribution in [0.5, 0.6) is 0 Å². The number of benzene rings is 2. The van der Waals surface area contributed by atoms with Gasteiger partial charge in [-0.05, 0) is 55.8 Å². The van der Waals surface area contributed by atoms with Crippen molar-refractivity contribution in [3.8, 4) is 0 Å². The highest BCUT2D eigenvalue weighted by atomic mass is 35.5. The van der Waals surface area contributed by atoms with Gasteiger partial charge in [-0.2, -0.15) is 0 Å². The maximum atomic E-state index is 13.8. The number of hydrogen-bond donors (Lipinski definition) is 0. The molecule has 3 aromatic rings. The number of rotatable bonds is 8. The van der Waals surface area contributed by atoms with Crippen LogP contribution in [0.25, 0.3) is 10.1 Å². The summed E-state index contributed by atoms with van der Waals surface area (Å²) in [4.78, 5) is 1.04. The Kier molecular flexibility index (Phi) is 6.78. The minimum absolute atomic E-state index is 0.334. The van der Waals surface area contributed by atoms with Crippen LogP contribution >= 0.6 is 30.5 Å². The molecule has 0 fully saturated rings. The third-order valence-electron chi connectivity index (χ3n) is 4.55. The monoisotopic (exact) mass is 422 g/mol. The molecular formula is C21H24ClO3PS. The Balaban J connectivity index is 2.15. The quantitative estimate of drug-likeness (QED) is 0.354. The van der Waals surface area contributed by atoms with Crippen molar-refractivity contribution in [2.24, 2.45) is 0 Å². The molecule has 0 aliphatic carbocycles. The lowest BCUT2D eigenvalue weighted by Crippen LogP contribution is -2.10. The Bertz CT molecular complexity index is 959. The molecule has 3 nitrogen and oxygen atoms in total. The molecule has 0 saturated carbocycles. The highest BCUT2D eigenvalue weighted by Crippen LogP contribution is 2.64. The van der Waals surface area contributed by atoms with Gasteiger partial charge in [0.15, 0.2) is 0 Å². The average molecular weight is 423 g/mol. The molecule has 0 radical (unpaired) electrons. The van der Waals surface area contributed by atoms with Crippen molar-refractivity contribution < 1.29 is 13.6 Å². The van der Waals surface area contributed by atoms with E-state index in [1.165, 1.54) is 10.1 Å². The second kappa shape index (κ2) is 8.89. The fraction of sp³-hybridized carbons (Fsp3) is 0.333. The van der Waals surface area contributed by atoms with Crippen molar-refractivity contribution in [3.63, 3.8) is 0 Å². The first-order valence-electron chi connectivity index (χ1n) is 9.10. The zero-order valence-corrected chi connectivity index (χ0v) is 18.2.